The Morgan fingerprint density at radius 3 is 2.53 bits per heavy atom. The van der Waals surface area contributed by atoms with Crippen molar-refractivity contribution < 1.29 is 29.6 Å². The lowest BCUT2D eigenvalue weighted by atomic mass is 9.49. The summed E-state index contributed by atoms with van der Waals surface area (Å²) in [5, 5.41) is 30.2. The van der Waals surface area contributed by atoms with E-state index in [1.165, 1.54) is 0 Å². The summed E-state index contributed by atoms with van der Waals surface area (Å²) in [6.45, 7) is 8.06. The number of rotatable bonds is 6. The van der Waals surface area contributed by atoms with E-state index in [0.29, 0.717) is 6.42 Å². The van der Waals surface area contributed by atoms with Crippen LogP contribution >= 0.6 is 0 Å². The van der Waals surface area contributed by atoms with Crippen molar-refractivity contribution in [1.82, 2.24) is 0 Å². The van der Waals surface area contributed by atoms with Gasteiger partial charge in [-0.25, -0.2) is 0 Å². The van der Waals surface area contributed by atoms with Crippen molar-refractivity contribution in [3.63, 3.8) is 0 Å². The van der Waals surface area contributed by atoms with Gasteiger partial charge in [0, 0.05) is 5.41 Å². The van der Waals surface area contributed by atoms with Crippen molar-refractivity contribution in [2.45, 2.75) is 83.3 Å². The highest BCUT2D eigenvalue weighted by molar-refractivity contribution is 5.76. The zero-order chi connectivity index (χ0) is 22.3. The van der Waals surface area contributed by atoms with Crippen LogP contribution in [0, 0.1) is 11.3 Å². The maximum absolute atomic E-state index is 12.0. The first kappa shape index (κ1) is 22.8. The number of carbonyl (C=O) groups excluding carboxylic acids is 1. The van der Waals surface area contributed by atoms with Crippen LogP contribution in [0.4, 0.5) is 0 Å². The number of aliphatic hydroxyl groups excluding tert-OH is 1. The predicted molar refractivity (Wildman–Crippen MR) is 112 cm³/mol. The molecule has 0 spiro atoms. The van der Waals surface area contributed by atoms with Crippen LogP contribution < -0.4 is 0 Å². The zero-order valence-corrected chi connectivity index (χ0v) is 18.4. The molecule has 0 bridgehead atoms. The van der Waals surface area contributed by atoms with Gasteiger partial charge in [0.25, 0.3) is 0 Å². The highest BCUT2D eigenvalue weighted by Gasteiger charge is 2.54. The molecule has 6 nitrogen and oxygen atoms in total. The Labute approximate surface area is 178 Å². The number of esters is 1. The van der Waals surface area contributed by atoms with Crippen molar-refractivity contribution >= 4 is 11.9 Å². The second-order valence-electron chi connectivity index (χ2n) is 10.1. The molecule has 1 aromatic carbocycles. The van der Waals surface area contributed by atoms with Gasteiger partial charge in [-0.3, -0.25) is 9.59 Å². The monoisotopic (exact) mass is 418 g/mol. The molecule has 30 heavy (non-hydrogen) atoms. The van der Waals surface area contributed by atoms with Gasteiger partial charge in [-0.15, -0.1) is 0 Å². The zero-order valence-electron chi connectivity index (χ0n) is 18.4. The summed E-state index contributed by atoms with van der Waals surface area (Å²) >= 11 is 0. The molecule has 0 aliphatic heterocycles. The van der Waals surface area contributed by atoms with E-state index >= 15 is 0 Å². The molecule has 3 rings (SSSR count). The number of aliphatic carboxylic acids is 1. The number of ether oxygens (including phenoxy) is 1. The number of carboxylic acids is 1. The minimum Gasteiger partial charge on any atom is -0.481 e. The van der Waals surface area contributed by atoms with Crippen molar-refractivity contribution in [1.29, 1.82) is 0 Å². The molecule has 0 saturated heterocycles. The molecule has 3 N–H and O–H groups in total. The smallest absolute Gasteiger partial charge is 0.306 e. The van der Waals surface area contributed by atoms with Gasteiger partial charge in [0.1, 0.15) is 0 Å². The Morgan fingerprint density at radius 2 is 1.90 bits per heavy atom. The number of hydrogen-bond acceptors (Lipinski definition) is 5. The largest absolute Gasteiger partial charge is 0.481 e. The number of aliphatic hydroxyl groups is 2. The third-order valence-corrected chi connectivity index (χ3v) is 7.35. The van der Waals surface area contributed by atoms with Crippen molar-refractivity contribution in [2.75, 3.05) is 6.61 Å². The van der Waals surface area contributed by atoms with E-state index in [1.807, 2.05) is 18.2 Å². The standard InChI is InChI=1S/C24H34O6/c1-22(2,29)15-6-7-17-16(12-15)18(25)13-19-23(3,10-5-11-24(17,19)4)14-30-21(28)9-8-20(26)27/h6-7,12,18-19,25,29H,5,8-11,13-14H2,1-4H3,(H,26,27). The van der Waals surface area contributed by atoms with Gasteiger partial charge < -0.3 is 20.1 Å². The highest BCUT2D eigenvalue weighted by atomic mass is 16.5. The van der Waals surface area contributed by atoms with Gasteiger partial charge in [-0.1, -0.05) is 38.5 Å². The predicted octanol–water partition coefficient (Wildman–Crippen LogP) is 3.82. The molecule has 166 valence electrons. The van der Waals surface area contributed by atoms with Crippen molar-refractivity contribution in [2.24, 2.45) is 11.3 Å². The molecule has 4 unspecified atom stereocenters. The lowest BCUT2D eigenvalue weighted by Crippen LogP contribution is -2.51. The van der Waals surface area contributed by atoms with Gasteiger partial charge in [-0.05, 0) is 61.1 Å². The summed E-state index contributed by atoms with van der Waals surface area (Å²) in [7, 11) is 0. The van der Waals surface area contributed by atoms with Gasteiger partial charge in [0.05, 0.1) is 31.2 Å². The van der Waals surface area contributed by atoms with E-state index in [1.54, 1.807) is 13.8 Å². The van der Waals surface area contributed by atoms with Crippen LogP contribution in [0.1, 0.15) is 89.0 Å². The Morgan fingerprint density at radius 1 is 1.20 bits per heavy atom. The summed E-state index contributed by atoms with van der Waals surface area (Å²) in [5.74, 6) is -1.38. The van der Waals surface area contributed by atoms with Gasteiger partial charge >= 0.3 is 11.9 Å². The van der Waals surface area contributed by atoms with Gasteiger partial charge in [0.2, 0.25) is 0 Å². The average Bonchev–Trinajstić information content (AvgIpc) is 2.66. The first-order chi connectivity index (χ1) is 13.9. The van der Waals surface area contributed by atoms with Crippen LogP contribution in [0.5, 0.6) is 0 Å². The van der Waals surface area contributed by atoms with Crippen LogP contribution in [-0.2, 0) is 25.3 Å². The van der Waals surface area contributed by atoms with Gasteiger partial charge in [-0.2, -0.15) is 0 Å². The molecular formula is C24H34O6. The van der Waals surface area contributed by atoms with Crippen LogP contribution in [0.25, 0.3) is 0 Å². The molecule has 0 aromatic heterocycles. The molecule has 0 heterocycles. The van der Waals surface area contributed by atoms with Crippen LogP contribution in [0.15, 0.2) is 18.2 Å². The van der Waals surface area contributed by atoms with Crippen LogP contribution in [-0.4, -0.2) is 33.9 Å². The third kappa shape index (κ3) is 4.26. The SMILES string of the molecule is CC(C)(O)c1ccc2c(c1)C(O)CC1C(C)(COC(=O)CCC(=O)O)CCCC21C. The highest BCUT2D eigenvalue weighted by Crippen LogP contribution is 2.59. The molecule has 0 amide bonds. The number of carbonyl (C=O) groups is 2. The number of fused-ring (bicyclic) bond motifs is 3. The molecular weight excluding hydrogens is 384 g/mol. The molecule has 1 fully saturated rings. The summed E-state index contributed by atoms with van der Waals surface area (Å²) in [6, 6.07) is 5.92. The lowest BCUT2D eigenvalue weighted by molar-refractivity contribution is -0.154. The van der Waals surface area contributed by atoms with E-state index < -0.39 is 23.6 Å². The summed E-state index contributed by atoms with van der Waals surface area (Å²) in [4.78, 5) is 22.7. The average molecular weight is 419 g/mol. The third-order valence-electron chi connectivity index (χ3n) is 7.35. The Balaban J connectivity index is 1.86. The topological polar surface area (TPSA) is 104 Å². The fourth-order valence-corrected chi connectivity index (χ4v) is 5.63. The molecule has 2 aliphatic rings. The molecule has 1 aromatic rings. The van der Waals surface area contributed by atoms with Crippen molar-refractivity contribution in [3.05, 3.63) is 34.9 Å². The summed E-state index contributed by atoms with van der Waals surface area (Å²) in [5.41, 5.74) is 1.36. The van der Waals surface area contributed by atoms with Crippen LogP contribution in [0.2, 0.25) is 0 Å². The van der Waals surface area contributed by atoms with Crippen molar-refractivity contribution in [3.8, 4) is 0 Å². The lowest BCUT2D eigenvalue weighted by Gasteiger charge is -2.56. The van der Waals surface area contributed by atoms with Crippen LogP contribution in [0.3, 0.4) is 0 Å². The van der Waals surface area contributed by atoms with E-state index in [2.05, 4.69) is 13.8 Å². The summed E-state index contributed by atoms with van der Waals surface area (Å²) in [6.07, 6.45) is 2.44. The number of benzene rings is 1. The van der Waals surface area contributed by atoms with E-state index in [4.69, 9.17) is 9.84 Å². The minimum atomic E-state index is -1.01. The fourth-order valence-electron chi connectivity index (χ4n) is 5.63. The van der Waals surface area contributed by atoms with Gasteiger partial charge in [0.15, 0.2) is 0 Å². The number of hydrogen-bond donors (Lipinski definition) is 3. The summed E-state index contributed by atoms with van der Waals surface area (Å²) < 4.78 is 5.50. The second-order valence-corrected chi connectivity index (χ2v) is 10.1. The second kappa shape index (κ2) is 7.97. The molecule has 6 heteroatoms. The maximum atomic E-state index is 12.0. The minimum absolute atomic E-state index is 0.126. The Hall–Kier alpha value is -1.92. The first-order valence-corrected chi connectivity index (χ1v) is 10.8. The fraction of sp³-hybridized carbons (Fsp3) is 0.667. The molecule has 1 saturated carbocycles. The van der Waals surface area contributed by atoms with E-state index in [0.717, 1.165) is 36.0 Å². The molecule has 4 atom stereocenters. The quantitative estimate of drug-likeness (QED) is 0.607. The van der Waals surface area contributed by atoms with E-state index in [-0.39, 0.29) is 36.2 Å². The Kier molecular flexibility index (Phi) is 6.04. The maximum Gasteiger partial charge on any atom is 0.306 e. The molecule has 0 radical (unpaired) electrons. The molecule has 2 aliphatic carbocycles. The van der Waals surface area contributed by atoms with E-state index in [9.17, 15) is 19.8 Å². The normalized spacial score (nSPS) is 30.9. The number of carboxylic acid groups (broad SMARTS) is 1. The Bertz CT molecular complexity index is 825. The first-order valence-electron chi connectivity index (χ1n) is 10.8.